The first kappa shape index (κ1) is 16.4. The summed E-state index contributed by atoms with van der Waals surface area (Å²) in [5, 5.41) is 2.78. The smallest absolute Gasteiger partial charge is 0.244 e. The summed E-state index contributed by atoms with van der Waals surface area (Å²) in [6.07, 6.45) is 1.55. The lowest BCUT2D eigenvalue weighted by Gasteiger charge is -2.20. The van der Waals surface area contributed by atoms with Gasteiger partial charge in [0.25, 0.3) is 0 Å². The molecule has 0 fully saturated rings. The minimum atomic E-state index is -3.59. The van der Waals surface area contributed by atoms with E-state index in [0.29, 0.717) is 16.8 Å². The highest BCUT2D eigenvalue weighted by molar-refractivity contribution is 9.10. The Hall–Kier alpha value is -0.700. The van der Waals surface area contributed by atoms with E-state index in [0.717, 1.165) is 0 Å². The van der Waals surface area contributed by atoms with Crippen molar-refractivity contribution in [2.24, 2.45) is 0 Å². The van der Waals surface area contributed by atoms with Crippen molar-refractivity contribution in [3.63, 3.8) is 0 Å². The fourth-order valence-corrected chi connectivity index (χ4v) is 3.09. The lowest BCUT2D eigenvalue weighted by atomic mass is 10.3. The van der Waals surface area contributed by atoms with E-state index in [2.05, 4.69) is 31.0 Å². The van der Waals surface area contributed by atoms with Gasteiger partial charge in [-0.05, 0) is 43.0 Å². The summed E-state index contributed by atoms with van der Waals surface area (Å²) in [7, 11) is 1.85. The van der Waals surface area contributed by atoms with E-state index >= 15 is 0 Å². The van der Waals surface area contributed by atoms with Crippen LogP contribution in [-0.4, -0.2) is 52.0 Å². The summed E-state index contributed by atoms with van der Waals surface area (Å²) in [5.74, 6) is 0.327. The highest BCUT2D eigenvalue weighted by Gasteiger charge is 2.20. The van der Waals surface area contributed by atoms with Crippen LogP contribution in [0.2, 0.25) is 0 Å². The van der Waals surface area contributed by atoms with Crippen molar-refractivity contribution < 1.29 is 8.42 Å². The molecule has 0 radical (unpaired) electrons. The van der Waals surface area contributed by atoms with Gasteiger partial charge in [0.15, 0.2) is 0 Å². The predicted octanol–water partition coefficient (Wildman–Crippen LogP) is 1.11. The molecule has 1 unspecified atom stereocenters. The first-order valence-corrected chi connectivity index (χ1v) is 8.05. The third kappa shape index (κ3) is 4.41. The van der Waals surface area contributed by atoms with Crippen molar-refractivity contribution in [3.8, 4) is 0 Å². The third-order valence-corrected chi connectivity index (χ3v) is 4.67. The molecule has 8 heteroatoms. The monoisotopic (exact) mass is 350 g/mol. The fourth-order valence-electron chi connectivity index (χ4n) is 1.30. The number of nitrogens with zero attached hydrogens (tertiary/aromatic N) is 2. The normalized spacial score (nSPS) is 13.6. The minimum absolute atomic E-state index is 0.105. The van der Waals surface area contributed by atoms with E-state index in [1.807, 2.05) is 25.9 Å². The van der Waals surface area contributed by atoms with Crippen molar-refractivity contribution in [3.05, 3.63) is 16.7 Å². The van der Waals surface area contributed by atoms with Crippen molar-refractivity contribution in [2.45, 2.75) is 17.9 Å². The van der Waals surface area contributed by atoms with Crippen LogP contribution in [0.25, 0.3) is 0 Å². The second-order valence-electron chi connectivity index (χ2n) is 4.41. The second kappa shape index (κ2) is 6.65. The number of sulfonamides is 1. The first-order chi connectivity index (χ1) is 8.77. The maximum atomic E-state index is 12.3. The van der Waals surface area contributed by atoms with Crippen molar-refractivity contribution in [1.29, 1.82) is 0 Å². The quantitative estimate of drug-likeness (QED) is 0.803. The molecule has 0 aliphatic rings. The molecule has 0 bridgehead atoms. The summed E-state index contributed by atoms with van der Waals surface area (Å²) < 4.78 is 27.7. The Bertz CT molecular complexity index is 533. The molecule has 1 rings (SSSR count). The Labute approximate surface area is 122 Å². The number of aromatic nitrogens is 1. The van der Waals surface area contributed by atoms with Gasteiger partial charge in [-0.25, -0.2) is 18.1 Å². The topological polar surface area (TPSA) is 74.3 Å². The van der Waals surface area contributed by atoms with Gasteiger partial charge in [-0.1, -0.05) is 0 Å². The van der Waals surface area contributed by atoms with Gasteiger partial charge in [-0.15, -0.1) is 0 Å². The van der Waals surface area contributed by atoms with Gasteiger partial charge < -0.3 is 10.2 Å². The largest absolute Gasteiger partial charge is 0.372 e. The molecule has 2 N–H and O–H groups in total. The van der Waals surface area contributed by atoms with Crippen LogP contribution in [0.4, 0.5) is 5.82 Å². The number of pyridine rings is 1. The van der Waals surface area contributed by atoms with Crippen molar-refractivity contribution in [1.82, 2.24) is 14.6 Å². The van der Waals surface area contributed by atoms with Crippen LogP contribution >= 0.6 is 15.9 Å². The van der Waals surface area contributed by atoms with Gasteiger partial charge in [0.05, 0.1) is 0 Å². The van der Waals surface area contributed by atoms with E-state index in [1.165, 1.54) is 6.07 Å². The Morgan fingerprint density at radius 2 is 2.11 bits per heavy atom. The molecule has 19 heavy (non-hydrogen) atoms. The maximum Gasteiger partial charge on any atom is 0.244 e. The summed E-state index contributed by atoms with van der Waals surface area (Å²) in [5.41, 5.74) is 0. The fraction of sp³-hybridized carbons (Fsp3) is 0.545. The summed E-state index contributed by atoms with van der Waals surface area (Å²) in [6.45, 7) is 2.28. The Morgan fingerprint density at radius 1 is 1.47 bits per heavy atom. The van der Waals surface area contributed by atoms with E-state index in [9.17, 15) is 8.42 Å². The molecule has 1 aromatic heterocycles. The van der Waals surface area contributed by atoms with Gasteiger partial charge in [0.1, 0.15) is 10.7 Å². The molecule has 0 saturated carbocycles. The van der Waals surface area contributed by atoms with Crippen LogP contribution < -0.4 is 10.0 Å². The average Bonchev–Trinajstić information content (AvgIpc) is 2.35. The molecular weight excluding hydrogens is 332 g/mol. The molecule has 0 aliphatic carbocycles. The summed E-state index contributed by atoms with van der Waals surface area (Å²) >= 11 is 3.23. The molecule has 0 aromatic carbocycles. The predicted molar refractivity (Wildman–Crippen MR) is 79.8 cm³/mol. The molecule has 6 nitrogen and oxygen atoms in total. The molecule has 0 amide bonds. The zero-order valence-corrected chi connectivity index (χ0v) is 13.8. The number of nitrogens with one attached hydrogen (secondary N) is 2. The third-order valence-electron chi connectivity index (χ3n) is 2.80. The van der Waals surface area contributed by atoms with Crippen LogP contribution in [0.5, 0.6) is 0 Å². The first-order valence-electron chi connectivity index (χ1n) is 5.77. The SMILES string of the molecule is CNc1ncc(Br)cc1S(=O)(=O)NCC(C)N(C)C. The Morgan fingerprint density at radius 3 is 2.63 bits per heavy atom. The van der Waals surface area contributed by atoms with Gasteiger partial charge in [0, 0.05) is 30.3 Å². The van der Waals surface area contributed by atoms with E-state index in [-0.39, 0.29) is 10.9 Å². The lowest BCUT2D eigenvalue weighted by Crippen LogP contribution is -2.38. The molecule has 1 aromatic rings. The summed E-state index contributed by atoms with van der Waals surface area (Å²) in [6, 6.07) is 1.63. The molecule has 0 saturated heterocycles. The Kier molecular flexibility index (Phi) is 5.72. The van der Waals surface area contributed by atoms with Crippen LogP contribution in [0.1, 0.15) is 6.92 Å². The molecule has 1 heterocycles. The van der Waals surface area contributed by atoms with E-state index in [1.54, 1.807) is 13.2 Å². The number of hydrogen-bond acceptors (Lipinski definition) is 5. The second-order valence-corrected chi connectivity index (χ2v) is 7.07. The lowest BCUT2D eigenvalue weighted by molar-refractivity contribution is 0.314. The standard InChI is InChI=1S/C11H19BrN4O2S/c1-8(16(3)4)6-15-19(17,18)10-5-9(12)7-14-11(10)13-2/h5,7-8,15H,6H2,1-4H3,(H,13,14). The van der Waals surface area contributed by atoms with Gasteiger partial charge in [-0.2, -0.15) is 0 Å². The summed E-state index contributed by atoms with van der Waals surface area (Å²) in [4.78, 5) is 6.12. The maximum absolute atomic E-state index is 12.3. The van der Waals surface area contributed by atoms with Crippen LogP contribution in [0.15, 0.2) is 21.6 Å². The van der Waals surface area contributed by atoms with Gasteiger partial charge in [-0.3, -0.25) is 0 Å². The van der Waals surface area contributed by atoms with Crippen molar-refractivity contribution >= 4 is 31.8 Å². The van der Waals surface area contributed by atoms with Crippen LogP contribution in [-0.2, 0) is 10.0 Å². The molecule has 0 spiro atoms. The highest BCUT2D eigenvalue weighted by atomic mass is 79.9. The molecule has 0 aliphatic heterocycles. The zero-order chi connectivity index (χ0) is 14.6. The van der Waals surface area contributed by atoms with Gasteiger partial charge in [0.2, 0.25) is 10.0 Å². The average molecular weight is 351 g/mol. The van der Waals surface area contributed by atoms with Crippen LogP contribution in [0, 0.1) is 0 Å². The van der Waals surface area contributed by atoms with Crippen LogP contribution in [0.3, 0.4) is 0 Å². The molecular formula is C11H19BrN4O2S. The number of anilines is 1. The van der Waals surface area contributed by atoms with Gasteiger partial charge >= 0.3 is 0 Å². The minimum Gasteiger partial charge on any atom is -0.372 e. The van der Waals surface area contributed by atoms with E-state index in [4.69, 9.17) is 0 Å². The highest BCUT2D eigenvalue weighted by Crippen LogP contribution is 2.22. The number of halogens is 1. The molecule has 1 atom stereocenters. The number of rotatable bonds is 6. The molecule has 108 valence electrons. The number of likely N-dealkylation sites (N-methyl/N-ethyl adjacent to an activating group) is 1. The zero-order valence-electron chi connectivity index (χ0n) is 11.4. The Balaban J connectivity index is 2.97. The number of hydrogen-bond donors (Lipinski definition) is 2. The van der Waals surface area contributed by atoms with E-state index < -0.39 is 10.0 Å². The van der Waals surface area contributed by atoms with Crippen molar-refractivity contribution in [2.75, 3.05) is 33.0 Å².